The standard InChI is InChI=1S/C21H18F2N4O2/c1-12-11-24-18-13(19(12)27-10-9-26(2)21(27)29)5-3-8-16(18)25-20(28)17-14(22)6-4-7-15(17)23/h3-8,11H,9-10H2,1-2H3,(H,25,28). The first-order valence-corrected chi connectivity index (χ1v) is 9.05. The molecule has 148 valence electrons. The number of pyridine rings is 1. The van der Waals surface area contributed by atoms with Gasteiger partial charge in [-0.3, -0.25) is 14.7 Å². The Bertz CT molecular complexity index is 1130. The Morgan fingerprint density at radius 3 is 2.45 bits per heavy atom. The van der Waals surface area contributed by atoms with Gasteiger partial charge in [-0.2, -0.15) is 0 Å². The SMILES string of the molecule is Cc1cnc2c(NC(=O)c3c(F)cccc3F)cccc2c1N1CCN(C)C1=O. The minimum absolute atomic E-state index is 0.122. The van der Waals surface area contributed by atoms with Crippen LogP contribution in [-0.4, -0.2) is 42.0 Å². The van der Waals surface area contributed by atoms with Gasteiger partial charge in [0.2, 0.25) is 0 Å². The molecule has 4 rings (SSSR count). The van der Waals surface area contributed by atoms with Crippen LogP contribution in [0.4, 0.5) is 25.0 Å². The van der Waals surface area contributed by atoms with E-state index in [0.29, 0.717) is 35.4 Å². The van der Waals surface area contributed by atoms with Gasteiger partial charge < -0.3 is 10.2 Å². The van der Waals surface area contributed by atoms with Crippen LogP contribution >= 0.6 is 0 Å². The molecule has 1 fully saturated rings. The van der Waals surface area contributed by atoms with Crippen molar-refractivity contribution in [2.45, 2.75) is 6.92 Å². The topological polar surface area (TPSA) is 65.5 Å². The molecule has 0 atom stereocenters. The smallest absolute Gasteiger partial charge is 0.324 e. The number of nitrogens with one attached hydrogen (secondary N) is 1. The summed E-state index contributed by atoms with van der Waals surface area (Å²) in [5.74, 6) is -2.80. The molecule has 0 spiro atoms. The van der Waals surface area contributed by atoms with Gasteiger partial charge in [-0.05, 0) is 30.7 Å². The summed E-state index contributed by atoms with van der Waals surface area (Å²) >= 11 is 0. The van der Waals surface area contributed by atoms with Crippen molar-refractivity contribution in [3.05, 3.63) is 65.4 Å². The van der Waals surface area contributed by atoms with E-state index in [4.69, 9.17) is 0 Å². The quantitative estimate of drug-likeness (QED) is 0.729. The maximum absolute atomic E-state index is 14.0. The van der Waals surface area contributed by atoms with Gasteiger partial charge >= 0.3 is 6.03 Å². The fourth-order valence-corrected chi connectivity index (χ4v) is 3.52. The van der Waals surface area contributed by atoms with E-state index < -0.39 is 23.1 Å². The number of aryl methyl sites for hydroxylation is 1. The van der Waals surface area contributed by atoms with Crippen molar-refractivity contribution < 1.29 is 18.4 Å². The number of amides is 3. The zero-order valence-corrected chi connectivity index (χ0v) is 15.9. The van der Waals surface area contributed by atoms with Crippen molar-refractivity contribution in [3.63, 3.8) is 0 Å². The van der Waals surface area contributed by atoms with Crippen LogP contribution in [0.3, 0.4) is 0 Å². The lowest BCUT2D eigenvalue weighted by Crippen LogP contribution is -2.30. The molecule has 2 heterocycles. The Balaban J connectivity index is 1.79. The summed E-state index contributed by atoms with van der Waals surface area (Å²) in [7, 11) is 1.73. The molecule has 0 unspecified atom stereocenters. The molecule has 3 aromatic rings. The Kier molecular flexibility index (Phi) is 4.62. The number of para-hydroxylation sites is 1. The minimum Gasteiger partial charge on any atom is -0.326 e. The normalized spacial score (nSPS) is 14.0. The van der Waals surface area contributed by atoms with Crippen LogP contribution in [0.5, 0.6) is 0 Å². The molecule has 29 heavy (non-hydrogen) atoms. The predicted octanol–water partition coefficient (Wildman–Crippen LogP) is 3.95. The number of anilines is 2. The Labute approximate surface area is 165 Å². The van der Waals surface area contributed by atoms with E-state index in [1.165, 1.54) is 6.07 Å². The van der Waals surface area contributed by atoms with Crippen molar-refractivity contribution >= 4 is 34.2 Å². The number of aromatic nitrogens is 1. The molecule has 8 heteroatoms. The molecular weight excluding hydrogens is 378 g/mol. The number of rotatable bonds is 3. The molecule has 6 nitrogen and oxygen atoms in total. The van der Waals surface area contributed by atoms with Crippen molar-refractivity contribution in [2.24, 2.45) is 0 Å². The second-order valence-electron chi connectivity index (χ2n) is 6.90. The molecular formula is C21H18F2N4O2. The number of carbonyl (C=O) groups is 2. The fourth-order valence-electron chi connectivity index (χ4n) is 3.52. The lowest BCUT2D eigenvalue weighted by atomic mass is 10.1. The van der Waals surface area contributed by atoms with E-state index in [1.54, 1.807) is 41.2 Å². The first-order chi connectivity index (χ1) is 13.9. The number of benzene rings is 2. The van der Waals surface area contributed by atoms with E-state index in [0.717, 1.165) is 17.7 Å². The third-order valence-electron chi connectivity index (χ3n) is 4.98. The third kappa shape index (κ3) is 3.16. The van der Waals surface area contributed by atoms with Crippen LogP contribution in [0.2, 0.25) is 0 Å². The molecule has 1 aliphatic heterocycles. The molecule has 0 saturated carbocycles. The van der Waals surface area contributed by atoms with E-state index in [2.05, 4.69) is 10.3 Å². The summed E-state index contributed by atoms with van der Waals surface area (Å²) in [6.45, 7) is 2.99. The average Bonchev–Trinajstić information content (AvgIpc) is 3.00. The van der Waals surface area contributed by atoms with Gasteiger partial charge in [0.15, 0.2) is 0 Å². The largest absolute Gasteiger partial charge is 0.326 e. The number of halogens is 2. The zero-order chi connectivity index (χ0) is 20.7. The number of nitrogens with zero attached hydrogens (tertiary/aromatic N) is 3. The highest BCUT2D eigenvalue weighted by molar-refractivity contribution is 6.12. The fraction of sp³-hybridized carbons (Fsp3) is 0.190. The van der Waals surface area contributed by atoms with Crippen LogP contribution in [0.1, 0.15) is 15.9 Å². The van der Waals surface area contributed by atoms with Crippen molar-refractivity contribution in [3.8, 4) is 0 Å². The minimum atomic E-state index is -0.946. The molecule has 1 N–H and O–H groups in total. The maximum atomic E-state index is 14.0. The monoisotopic (exact) mass is 396 g/mol. The van der Waals surface area contributed by atoms with Crippen LogP contribution in [0, 0.1) is 18.6 Å². The van der Waals surface area contributed by atoms with Gasteiger partial charge in [-0.1, -0.05) is 18.2 Å². The average molecular weight is 396 g/mol. The summed E-state index contributed by atoms with van der Waals surface area (Å²) in [5.41, 5.74) is 1.59. The van der Waals surface area contributed by atoms with Gasteiger partial charge in [0.25, 0.3) is 5.91 Å². The molecule has 1 saturated heterocycles. The Morgan fingerprint density at radius 1 is 1.10 bits per heavy atom. The Morgan fingerprint density at radius 2 is 1.79 bits per heavy atom. The summed E-state index contributed by atoms with van der Waals surface area (Å²) < 4.78 is 27.9. The Hall–Kier alpha value is -3.55. The number of fused-ring (bicyclic) bond motifs is 1. The van der Waals surface area contributed by atoms with Gasteiger partial charge in [0.05, 0.1) is 16.9 Å². The molecule has 0 aliphatic carbocycles. The van der Waals surface area contributed by atoms with Crippen LogP contribution in [0.15, 0.2) is 42.6 Å². The predicted molar refractivity (Wildman–Crippen MR) is 106 cm³/mol. The summed E-state index contributed by atoms with van der Waals surface area (Å²) in [6.07, 6.45) is 1.61. The first-order valence-electron chi connectivity index (χ1n) is 9.05. The molecule has 0 radical (unpaired) electrons. The van der Waals surface area contributed by atoms with Gasteiger partial charge in [0, 0.05) is 31.7 Å². The molecule has 3 amide bonds. The highest BCUT2D eigenvalue weighted by atomic mass is 19.1. The van der Waals surface area contributed by atoms with E-state index >= 15 is 0 Å². The molecule has 1 aromatic heterocycles. The summed E-state index contributed by atoms with van der Waals surface area (Å²) in [4.78, 5) is 32.7. The summed E-state index contributed by atoms with van der Waals surface area (Å²) in [5, 5.41) is 3.21. The number of urea groups is 1. The van der Waals surface area contributed by atoms with Crippen molar-refractivity contribution in [1.29, 1.82) is 0 Å². The third-order valence-corrected chi connectivity index (χ3v) is 4.98. The van der Waals surface area contributed by atoms with Gasteiger partial charge in [-0.25, -0.2) is 13.6 Å². The molecule has 1 aliphatic rings. The maximum Gasteiger partial charge on any atom is 0.324 e. The van der Waals surface area contributed by atoms with Crippen molar-refractivity contribution in [2.75, 3.05) is 30.4 Å². The number of hydrogen-bond donors (Lipinski definition) is 1. The lowest BCUT2D eigenvalue weighted by Gasteiger charge is -2.21. The zero-order valence-electron chi connectivity index (χ0n) is 15.9. The van der Waals surface area contributed by atoms with Crippen LogP contribution < -0.4 is 10.2 Å². The second kappa shape index (κ2) is 7.12. The highest BCUT2D eigenvalue weighted by Crippen LogP contribution is 2.34. The first kappa shape index (κ1) is 18.8. The van der Waals surface area contributed by atoms with Crippen LogP contribution in [-0.2, 0) is 0 Å². The number of likely N-dealkylation sites (N-methyl/N-ethyl adjacent to an activating group) is 1. The number of carbonyl (C=O) groups excluding carboxylic acids is 2. The molecule has 0 bridgehead atoms. The van der Waals surface area contributed by atoms with E-state index in [-0.39, 0.29) is 6.03 Å². The van der Waals surface area contributed by atoms with Gasteiger partial charge in [0.1, 0.15) is 17.2 Å². The molecule has 2 aromatic carbocycles. The highest BCUT2D eigenvalue weighted by Gasteiger charge is 2.29. The van der Waals surface area contributed by atoms with Gasteiger partial charge in [-0.15, -0.1) is 0 Å². The van der Waals surface area contributed by atoms with Crippen molar-refractivity contribution in [1.82, 2.24) is 9.88 Å². The van der Waals surface area contributed by atoms with E-state index in [1.807, 2.05) is 6.92 Å². The second-order valence-corrected chi connectivity index (χ2v) is 6.90. The van der Waals surface area contributed by atoms with Crippen LogP contribution in [0.25, 0.3) is 10.9 Å². The number of hydrogen-bond acceptors (Lipinski definition) is 3. The van der Waals surface area contributed by atoms with E-state index in [9.17, 15) is 18.4 Å². The lowest BCUT2D eigenvalue weighted by molar-refractivity contribution is 0.101. The summed E-state index contributed by atoms with van der Waals surface area (Å²) in [6, 6.07) is 8.22.